The Morgan fingerprint density at radius 2 is 1.96 bits per heavy atom. The molecular formula is C17H20N2O4. The third-order valence-electron chi connectivity index (χ3n) is 3.91. The Balaban J connectivity index is 1.87. The van der Waals surface area contributed by atoms with Crippen molar-refractivity contribution in [2.75, 3.05) is 13.2 Å². The van der Waals surface area contributed by atoms with Crippen LogP contribution in [0.5, 0.6) is 5.75 Å². The topological polar surface area (TPSA) is 62.5 Å². The molecule has 23 heavy (non-hydrogen) atoms. The second kappa shape index (κ2) is 6.83. The predicted octanol–water partition coefficient (Wildman–Crippen LogP) is 1.58. The number of aromatic nitrogens is 2. The van der Waals surface area contributed by atoms with Gasteiger partial charge in [-0.25, -0.2) is 0 Å². The molecule has 2 aromatic rings. The van der Waals surface area contributed by atoms with Crippen LogP contribution < -0.4 is 15.9 Å². The largest absolute Gasteiger partial charge is 0.494 e. The highest BCUT2D eigenvalue weighted by Gasteiger charge is 2.17. The molecule has 0 N–H and O–H groups in total. The fraction of sp³-hybridized carbons (Fsp3) is 0.412. The maximum atomic E-state index is 12.3. The number of ether oxygens (including phenoxy) is 2. The molecule has 6 nitrogen and oxygen atoms in total. The first-order valence-electron chi connectivity index (χ1n) is 7.86. The zero-order valence-corrected chi connectivity index (χ0v) is 13.1. The van der Waals surface area contributed by atoms with Crippen LogP contribution in [0.25, 0.3) is 5.69 Å². The van der Waals surface area contributed by atoms with E-state index in [0.29, 0.717) is 18.8 Å². The highest BCUT2D eigenvalue weighted by atomic mass is 16.5. The van der Waals surface area contributed by atoms with Crippen molar-refractivity contribution in [2.24, 2.45) is 0 Å². The maximum Gasteiger partial charge on any atom is 0.320 e. The van der Waals surface area contributed by atoms with Crippen molar-refractivity contribution >= 4 is 0 Å². The van der Waals surface area contributed by atoms with Crippen LogP contribution in [0.1, 0.15) is 19.8 Å². The molecule has 0 amide bonds. The number of hydrogen-bond acceptors (Lipinski definition) is 4. The Labute approximate surface area is 133 Å². The summed E-state index contributed by atoms with van der Waals surface area (Å²) in [4.78, 5) is 24.6. The molecule has 0 aliphatic carbocycles. The lowest BCUT2D eigenvalue weighted by atomic mass is 10.2. The fourth-order valence-corrected chi connectivity index (χ4v) is 2.73. The SMILES string of the molecule is CCOc1ccc(-n2ccn(CC3CCCO3)c(=O)c2=O)cc1. The van der Waals surface area contributed by atoms with Gasteiger partial charge in [-0.3, -0.25) is 14.2 Å². The molecule has 0 radical (unpaired) electrons. The molecule has 1 unspecified atom stereocenters. The van der Waals surface area contributed by atoms with Crippen LogP contribution in [0, 0.1) is 0 Å². The lowest BCUT2D eigenvalue weighted by molar-refractivity contribution is 0.0959. The van der Waals surface area contributed by atoms with Gasteiger partial charge in [0, 0.05) is 24.7 Å². The lowest BCUT2D eigenvalue weighted by Gasteiger charge is -2.13. The van der Waals surface area contributed by atoms with Gasteiger partial charge < -0.3 is 14.0 Å². The normalized spacial score (nSPS) is 17.3. The van der Waals surface area contributed by atoms with Gasteiger partial charge in [0.1, 0.15) is 5.75 Å². The molecule has 1 aromatic heterocycles. The van der Waals surface area contributed by atoms with Crippen LogP contribution in [0.3, 0.4) is 0 Å². The van der Waals surface area contributed by atoms with E-state index in [1.165, 1.54) is 9.13 Å². The maximum absolute atomic E-state index is 12.3. The summed E-state index contributed by atoms with van der Waals surface area (Å²) < 4.78 is 13.7. The molecule has 1 aliphatic rings. The Morgan fingerprint density at radius 3 is 2.61 bits per heavy atom. The van der Waals surface area contributed by atoms with Gasteiger partial charge in [0.05, 0.1) is 19.3 Å². The van der Waals surface area contributed by atoms with E-state index < -0.39 is 11.1 Å². The van der Waals surface area contributed by atoms with E-state index in [2.05, 4.69) is 0 Å². The number of nitrogens with zero attached hydrogens (tertiary/aromatic N) is 2. The summed E-state index contributed by atoms with van der Waals surface area (Å²) in [5, 5.41) is 0. The van der Waals surface area contributed by atoms with Crippen LogP contribution in [0.2, 0.25) is 0 Å². The van der Waals surface area contributed by atoms with Crippen molar-refractivity contribution in [2.45, 2.75) is 32.4 Å². The van der Waals surface area contributed by atoms with Crippen molar-refractivity contribution in [1.29, 1.82) is 0 Å². The zero-order valence-electron chi connectivity index (χ0n) is 13.1. The number of hydrogen-bond donors (Lipinski definition) is 0. The predicted molar refractivity (Wildman–Crippen MR) is 86.4 cm³/mol. The van der Waals surface area contributed by atoms with Crippen LogP contribution in [-0.2, 0) is 11.3 Å². The van der Waals surface area contributed by atoms with Gasteiger partial charge in [-0.1, -0.05) is 0 Å². The average molecular weight is 316 g/mol. The molecule has 1 fully saturated rings. The lowest BCUT2D eigenvalue weighted by Crippen LogP contribution is -2.41. The summed E-state index contributed by atoms with van der Waals surface area (Å²) in [6.45, 7) is 3.64. The van der Waals surface area contributed by atoms with E-state index in [1.54, 1.807) is 36.7 Å². The van der Waals surface area contributed by atoms with Gasteiger partial charge in [0.25, 0.3) is 0 Å². The van der Waals surface area contributed by atoms with Crippen molar-refractivity contribution in [3.05, 3.63) is 57.4 Å². The Morgan fingerprint density at radius 1 is 1.17 bits per heavy atom. The minimum absolute atomic E-state index is 0.0217. The number of rotatable bonds is 5. The summed E-state index contributed by atoms with van der Waals surface area (Å²) in [6.07, 6.45) is 5.21. The van der Waals surface area contributed by atoms with Crippen LogP contribution in [0.15, 0.2) is 46.2 Å². The van der Waals surface area contributed by atoms with Gasteiger partial charge >= 0.3 is 11.1 Å². The molecule has 1 saturated heterocycles. The first-order valence-corrected chi connectivity index (χ1v) is 7.86. The van der Waals surface area contributed by atoms with Crippen LogP contribution in [-0.4, -0.2) is 28.5 Å². The Bertz CT molecular complexity index is 770. The molecule has 0 bridgehead atoms. The van der Waals surface area contributed by atoms with Crippen molar-refractivity contribution in [3.63, 3.8) is 0 Å². The smallest absolute Gasteiger partial charge is 0.320 e. The molecule has 1 aliphatic heterocycles. The molecule has 1 aromatic carbocycles. The summed E-state index contributed by atoms with van der Waals surface area (Å²) in [7, 11) is 0. The minimum atomic E-state index is -0.561. The quantitative estimate of drug-likeness (QED) is 0.786. The second-order valence-corrected chi connectivity index (χ2v) is 5.49. The average Bonchev–Trinajstić information content (AvgIpc) is 3.07. The molecule has 6 heteroatoms. The molecular weight excluding hydrogens is 296 g/mol. The first-order chi connectivity index (χ1) is 11.2. The third-order valence-corrected chi connectivity index (χ3v) is 3.91. The third kappa shape index (κ3) is 3.37. The highest BCUT2D eigenvalue weighted by Crippen LogP contribution is 2.15. The van der Waals surface area contributed by atoms with E-state index >= 15 is 0 Å². The van der Waals surface area contributed by atoms with E-state index in [1.807, 2.05) is 6.92 Å². The van der Waals surface area contributed by atoms with Gasteiger partial charge in [-0.15, -0.1) is 0 Å². The zero-order chi connectivity index (χ0) is 16.2. The van der Waals surface area contributed by atoms with Gasteiger partial charge in [0.15, 0.2) is 0 Å². The van der Waals surface area contributed by atoms with Gasteiger partial charge in [-0.05, 0) is 44.0 Å². The van der Waals surface area contributed by atoms with Gasteiger partial charge in [0.2, 0.25) is 0 Å². The van der Waals surface area contributed by atoms with E-state index in [-0.39, 0.29) is 6.10 Å². The highest BCUT2D eigenvalue weighted by molar-refractivity contribution is 5.37. The first kappa shape index (κ1) is 15.6. The van der Waals surface area contributed by atoms with Crippen LogP contribution >= 0.6 is 0 Å². The molecule has 0 spiro atoms. The van der Waals surface area contributed by atoms with Crippen molar-refractivity contribution < 1.29 is 9.47 Å². The van der Waals surface area contributed by atoms with E-state index in [9.17, 15) is 9.59 Å². The number of benzene rings is 1. The van der Waals surface area contributed by atoms with E-state index in [0.717, 1.165) is 25.2 Å². The summed E-state index contributed by atoms with van der Waals surface area (Å²) in [5.41, 5.74) is -0.452. The van der Waals surface area contributed by atoms with Crippen molar-refractivity contribution in [3.8, 4) is 11.4 Å². The minimum Gasteiger partial charge on any atom is -0.494 e. The molecule has 122 valence electrons. The summed E-state index contributed by atoms with van der Waals surface area (Å²) >= 11 is 0. The summed E-state index contributed by atoms with van der Waals surface area (Å²) in [6, 6.07) is 7.08. The summed E-state index contributed by atoms with van der Waals surface area (Å²) in [5.74, 6) is 0.732. The second-order valence-electron chi connectivity index (χ2n) is 5.49. The Kier molecular flexibility index (Phi) is 4.62. The molecule has 3 rings (SSSR count). The monoisotopic (exact) mass is 316 g/mol. The van der Waals surface area contributed by atoms with Gasteiger partial charge in [-0.2, -0.15) is 0 Å². The van der Waals surface area contributed by atoms with E-state index in [4.69, 9.17) is 9.47 Å². The van der Waals surface area contributed by atoms with Crippen molar-refractivity contribution in [1.82, 2.24) is 9.13 Å². The fourth-order valence-electron chi connectivity index (χ4n) is 2.73. The molecule has 2 heterocycles. The molecule has 0 saturated carbocycles. The molecule has 1 atom stereocenters. The standard InChI is InChI=1S/C17H20N2O4/c1-2-22-14-7-5-13(6-8-14)19-10-9-18(16(20)17(19)21)12-15-4-3-11-23-15/h5-10,15H,2-4,11-12H2,1H3. The Hall–Kier alpha value is -2.34. The van der Waals surface area contributed by atoms with Crippen LogP contribution in [0.4, 0.5) is 0 Å².